The normalized spacial score (nSPS) is 16.0. The van der Waals surface area contributed by atoms with E-state index in [9.17, 15) is 0 Å². The molecule has 5 heteroatoms. The van der Waals surface area contributed by atoms with Crippen LogP contribution in [0.2, 0.25) is 0 Å². The van der Waals surface area contributed by atoms with Gasteiger partial charge in [0.15, 0.2) is 5.17 Å². The van der Waals surface area contributed by atoms with Gasteiger partial charge in [-0.2, -0.15) is 5.10 Å². The van der Waals surface area contributed by atoms with E-state index in [1.165, 1.54) is 48.7 Å². The number of amidine groups is 1. The van der Waals surface area contributed by atoms with Crippen molar-refractivity contribution in [3.63, 3.8) is 0 Å². The second-order valence-corrected chi connectivity index (χ2v) is 7.45. The van der Waals surface area contributed by atoms with Gasteiger partial charge in [-0.1, -0.05) is 67.1 Å². The quantitative estimate of drug-likeness (QED) is 0.476. The summed E-state index contributed by atoms with van der Waals surface area (Å²) in [5, 5.41) is 8.67. The van der Waals surface area contributed by atoms with Gasteiger partial charge in [-0.05, 0) is 36.1 Å². The first-order valence-corrected chi connectivity index (χ1v) is 10.2. The lowest BCUT2D eigenvalue weighted by Crippen LogP contribution is -2.23. The van der Waals surface area contributed by atoms with Crippen LogP contribution in [0.3, 0.4) is 0 Å². The average Bonchev–Trinajstić information content (AvgIpc) is 2.97. The first-order valence-electron chi connectivity index (χ1n) is 9.19. The van der Waals surface area contributed by atoms with Gasteiger partial charge < -0.3 is 10.6 Å². The van der Waals surface area contributed by atoms with Crippen LogP contribution >= 0.6 is 11.8 Å². The molecule has 0 atom stereocenters. The Balaban J connectivity index is 1.51. The third-order valence-corrected chi connectivity index (χ3v) is 5.31. The molecule has 4 nitrogen and oxygen atoms in total. The molecule has 1 aliphatic heterocycles. The van der Waals surface area contributed by atoms with Crippen molar-refractivity contribution < 1.29 is 0 Å². The monoisotopic (exact) mass is 366 g/mol. The van der Waals surface area contributed by atoms with Crippen LogP contribution in [0.5, 0.6) is 0 Å². The molecular formula is C21H26N4S. The van der Waals surface area contributed by atoms with Crippen molar-refractivity contribution in [2.45, 2.75) is 31.4 Å². The van der Waals surface area contributed by atoms with Gasteiger partial charge in [0.2, 0.25) is 0 Å². The molecule has 0 saturated carbocycles. The average molecular weight is 367 g/mol. The minimum absolute atomic E-state index is 0.478. The molecule has 26 heavy (non-hydrogen) atoms. The lowest BCUT2D eigenvalue weighted by atomic mass is 10.2. The fourth-order valence-corrected chi connectivity index (χ4v) is 3.62. The van der Waals surface area contributed by atoms with Crippen molar-refractivity contribution in [2.24, 2.45) is 15.9 Å². The largest absolute Gasteiger partial charge is 0.377 e. The topological polar surface area (TPSA) is 54.0 Å². The van der Waals surface area contributed by atoms with Gasteiger partial charge in [-0.3, -0.25) is 0 Å². The Morgan fingerprint density at radius 1 is 0.962 bits per heavy atom. The molecule has 1 aliphatic rings. The smallest absolute Gasteiger partial charge is 0.180 e. The molecular weight excluding hydrogens is 340 g/mol. The number of thioether (sulfide) groups is 1. The lowest BCUT2D eigenvalue weighted by Gasteiger charge is -2.22. The zero-order valence-electron chi connectivity index (χ0n) is 15.1. The molecule has 0 unspecified atom stereocenters. The second-order valence-electron chi connectivity index (χ2n) is 6.45. The van der Waals surface area contributed by atoms with Gasteiger partial charge in [-0.15, -0.1) is 5.10 Å². The van der Waals surface area contributed by atoms with Crippen molar-refractivity contribution in [3.05, 3.63) is 65.7 Å². The molecule has 1 heterocycles. The van der Waals surface area contributed by atoms with E-state index in [2.05, 4.69) is 51.5 Å². The number of hydrogen-bond acceptors (Lipinski definition) is 4. The van der Waals surface area contributed by atoms with E-state index in [0.717, 1.165) is 24.4 Å². The van der Waals surface area contributed by atoms with Gasteiger partial charge in [0, 0.05) is 24.5 Å². The van der Waals surface area contributed by atoms with E-state index >= 15 is 0 Å². The predicted molar refractivity (Wildman–Crippen MR) is 114 cm³/mol. The maximum atomic E-state index is 5.91. The third-order valence-electron chi connectivity index (χ3n) is 4.46. The van der Waals surface area contributed by atoms with Gasteiger partial charge >= 0.3 is 0 Å². The van der Waals surface area contributed by atoms with Crippen molar-refractivity contribution in [1.29, 1.82) is 0 Å². The second kappa shape index (κ2) is 10.0. The molecule has 136 valence electrons. The Morgan fingerprint density at radius 2 is 1.65 bits per heavy atom. The number of anilines is 1. The van der Waals surface area contributed by atoms with E-state index in [0.29, 0.717) is 5.17 Å². The summed E-state index contributed by atoms with van der Waals surface area (Å²) in [7, 11) is 0. The molecule has 2 aromatic rings. The first kappa shape index (κ1) is 18.5. The van der Waals surface area contributed by atoms with E-state index in [4.69, 9.17) is 5.73 Å². The zero-order chi connectivity index (χ0) is 18.0. The molecule has 0 radical (unpaired) electrons. The van der Waals surface area contributed by atoms with E-state index in [-0.39, 0.29) is 0 Å². The van der Waals surface area contributed by atoms with E-state index < -0.39 is 0 Å². The summed E-state index contributed by atoms with van der Waals surface area (Å²) >= 11 is 1.50. The van der Waals surface area contributed by atoms with Crippen molar-refractivity contribution in [1.82, 2.24) is 0 Å². The Hall–Kier alpha value is -2.27. The maximum absolute atomic E-state index is 5.91. The maximum Gasteiger partial charge on any atom is 0.180 e. The molecule has 2 aromatic carbocycles. The molecule has 0 bridgehead atoms. The van der Waals surface area contributed by atoms with Gasteiger partial charge in [0.05, 0.1) is 6.21 Å². The minimum atomic E-state index is 0.478. The first-order chi connectivity index (χ1) is 12.8. The number of benzene rings is 2. The summed E-state index contributed by atoms with van der Waals surface area (Å²) in [4.78, 5) is 2.48. The van der Waals surface area contributed by atoms with Crippen molar-refractivity contribution in [3.8, 4) is 0 Å². The van der Waals surface area contributed by atoms with Crippen LogP contribution in [0.4, 0.5) is 5.69 Å². The fraction of sp³-hybridized carbons (Fsp3) is 0.333. The number of nitrogens with two attached hydrogens (primary N) is 1. The standard InChI is InChI=1S/C21H26N4S/c22-21(26-17-19-8-4-3-5-9-19)24-23-16-18-10-12-20(13-11-18)25-14-6-1-2-7-15-25/h3-5,8-13,16H,1-2,6-7,14-15,17H2,(H2,22,24). The Labute approximate surface area is 160 Å². The zero-order valence-corrected chi connectivity index (χ0v) is 15.9. The summed E-state index contributed by atoms with van der Waals surface area (Å²) in [6.45, 7) is 2.32. The fourth-order valence-electron chi connectivity index (χ4n) is 3.01. The van der Waals surface area contributed by atoms with Crippen molar-refractivity contribution >= 4 is 28.8 Å². The predicted octanol–water partition coefficient (Wildman–Crippen LogP) is 4.65. The Kier molecular flexibility index (Phi) is 7.14. The summed E-state index contributed by atoms with van der Waals surface area (Å²) in [5.74, 6) is 0.802. The molecule has 0 amide bonds. The van der Waals surface area contributed by atoms with Gasteiger partial charge in [0.25, 0.3) is 0 Å². The van der Waals surface area contributed by atoms with E-state index in [1.54, 1.807) is 6.21 Å². The molecule has 3 rings (SSSR count). The highest BCUT2D eigenvalue weighted by atomic mass is 32.2. The highest BCUT2D eigenvalue weighted by Gasteiger charge is 2.09. The number of nitrogens with zero attached hydrogens (tertiary/aromatic N) is 3. The summed E-state index contributed by atoms with van der Waals surface area (Å²) in [6, 6.07) is 18.7. The highest BCUT2D eigenvalue weighted by molar-refractivity contribution is 8.13. The molecule has 0 aliphatic carbocycles. The number of hydrogen-bond donors (Lipinski definition) is 1. The minimum Gasteiger partial charge on any atom is -0.377 e. The Morgan fingerprint density at radius 3 is 2.35 bits per heavy atom. The van der Waals surface area contributed by atoms with Crippen molar-refractivity contribution in [2.75, 3.05) is 18.0 Å². The summed E-state index contributed by atoms with van der Waals surface area (Å²) in [5.41, 5.74) is 9.47. The van der Waals surface area contributed by atoms with Crippen LogP contribution in [-0.2, 0) is 5.75 Å². The van der Waals surface area contributed by atoms with Crippen LogP contribution in [0.25, 0.3) is 0 Å². The van der Waals surface area contributed by atoms with E-state index in [1.807, 2.05) is 18.2 Å². The van der Waals surface area contributed by atoms with Crippen LogP contribution < -0.4 is 10.6 Å². The Bertz CT molecular complexity index is 717. The van der Waals surface area contributed by atoms with Crippen LogP contribution in [0, 0.1) is 0 Å². The van der Waals surface area contributed by atoms with Crippen LogP contribution in [-0.4, -0.2) is 24.5 Å². The molecule has 2 N–H and O–H groups in total. The lowest BCUT2D eigenvalue weighted by molar-refractivity contribution is 0.726. The third kappa shape index (κ3) is 5.92. The number of rotatable bonds is 5. The van der Waals surface area contributed by atoms with Gasteiger partial charge in [0.1, 0.15) is 0 Å². The molecule has 1 fully saturated rings. The summed E-state index contributed by atoms with van der Waals surface area (Å²) in [6.07, 6.45) is 7.03. The van der Waals surface area contributed by atoms with Crippen LogP contribution in [0.1, 0.15) is 36.8 Å². The van der Waals surface area contributed by atoms with Gasteiger partial charge in [-0.25, -0.2) is 0 Å². The summed E-state index contributed by atoms with van der Waals surface area (Å²) < 4.78 is 0. The molecule has 1 saturated heterocycles. The van der Waals surface area contributed by atoms with Crippen LogP contribution in [0.15, 0.2) is 64.8 Å². The molecule has 0 aromatic heterocycles. The SMILES string of the molecule is NC(=NN=Cc1ccc(N2CCCCCC2)cc1)SCc1ccccc1. The highest BCUT2D eigenvalue weighted by Crippen LogP contribution is 2.19. The molecule has 0 spiro atoms.